The molecule has 28 heavy (non-hydrogen) atoms. The number of benzene rings is 1. The van der Waals surface area contributed by atoms with Crippen LogP contribution in [0.1, 0.15) is 49.9 Å². The van der Waals surface area contributed by atoms with E-state index in [1.165, 1.54) is 18.2 Å². The van der Waals surface area contributed by atoms with Crippen LogP contribution < -0.4 is 10.6 Å². The van der Waals surface area contributed by atoms with Gasteiger partial charge in [-0.2, -0.15) is 4.99 Å². The van der Waals surface area contributed by atoms with Gasteiger partial charge in [0, 0.05) is 36.8 Å². The SMILES string of the molecule is CC(C)NC(=O)c1ccc(NC(=O)CC2SC(N3CCCCC3)=NC2=O)cc1. The maximum Gasteiger partial charge on any atom is 0.262 e. The van der Waals surface area contributed by atoms with Crippen molar-refractivity contribution < 1.29 is 14.4 Å². The molecule has 3 amide bonds. The quantitative estimate of drug-likeness (QED) is 0.790. The van der Waals surface area contributed by atoms with Crippen molar-refractivity contribution in [2.75, 3.05) is 18.4 Å². The van der Waals surface area contributed by atoms with Gasteiger partial charge in [0.15, 0.2) is 5.17 Å². The van der Waals surface area contributed by atoms with Crippen LogP contribution in [-0.4, -0.2) is 52.2 Å². The molecule has 1 atom stereocenters. The third-order valence-electron chi connectivity index (χ3n) is 4.58. The summed E-state index contributed by atoms with van der Waals surface area (Å²) in [5.74, 6) is -0.620. The Hall–Kier alpha value is -2.35. The predicted octanol–water partition coefficient (Wildman–Crippen LogP) is 2.64. The molecule has 2 aliphatic heterocycles. The molecule has 0 aliphatic carbocycles. The van der Waals surface area contributed by atoms with Gasteiger partial charge in [-0.05, 0) is 57.4 Å². The molecule has 3 rings (SSSR count). The van der Waals surface area contributed by atoms with Gasteiger partial charge in [0.25, 0.3) is 11.8 Å². The average molecular weight is 403 g/mol. The van der Waals surface area contributed by atoms with E-state index in [-0.39, 0.29) is 30.2 Å². The second-order valence-electron chi connectivity index (χ2n) is 7.34. The van der Waals surface area contributed by atoms with Gasteiger partial charge in [-0.3, -0.25) is 14.4 Å². The lowest BCUT2D eigenvalue weighted by molar-refractivity contribution is -0.121. The van der Waals surface area contributed by atoms with Gasteiger partial charge in [-0.1, -0.05) is 11.8 Å². The lowest BCUT2D eigenvalue weighted by Crippen LogP contribution is -2.33. The number of hydrogen-bond donors (Lipinski definition) is 2. The number of carbonyl (C=O) groups excluding carboxylic acids is 3. The van der Waals surface area contributed by atoms with E-state index < -0.39 is 5.25 Å². The number of nitrogens with one attached hydrogen (secondary N) is 2. The molecule has 8 heteroatoms. The van der Waals surface area contributed by atoms with Crippen molar-refractivity contribution in [3.05, 3.63) is 29.8 Å². The summed E-state index contributed by atoms with van der Waals surface area (Å²) in [5, 5.41) is 5.90. The topological polar surface area (TPSA) is 90.9 Å². The van der Waals surface area contributed by atoms with Crippen molar-refractivity contribution in [1.29, 1.82) is 0 Å². The lowest BCUT2D eigenvalue weighted by Gasteiger charge is -2.27. The van der Waals surface area contributed by atoms with E-state index in [0.29, 0.717) is 11.3 Å². The number of anilines is 1. The molecule has 0 saturated carbocycles. The van der Waals surface area contributed by atoms with Crippen LogP contribution in [0.25, 0.3) is 0 Å². The summed E-state index contributed by atoms with van der Waals surface area (Å²) in [6.45, 7) is 5.65. The number of amidine groups is 1. The number of likely N-dealkylation sites (tertiary alicyclic amines) is 1. The molecule has 150 valence electrons. The highest BCUT2D eigenvalue weighted by Gasteiger charge is 2.33. The van der Waals surface area contributed by atoms with Crippen molar-refractivity contribution in [3.8, 4) is 0 Å². The number of piperidine rings is 1. The maximum atomic E-state index is 12.3. The molecule has 1 aromatic carbocycles. The van der Waals surface area contributed by atoms with Crippen molar-refractivity contribution in [2.45, 2.75) is 50.8 Å². The number of carbonyl (C=O) groups is 3. The van der Waals surface area contributed by atoms with E-state index in [2.05, 4.69) is 20.5 Å². The highest BCUT2D eigenvalue weighted by atomic mass is 32.2. The van der Waals surface area contributed by atoms with Gasteiger partial charge in [-0.25, -0.2) is 0 Å². The van der Waals surface area contributed by atoms with Crippen molar-refractivity contribution >= 4 is 40.3 Å². The van der Waals surface area contributed by atoms with Gasteiger partial charge >= 0.3 is 0 Å². The van der Waals surface area contributed by atoms with Crippen LogP contribution in [0.2, 0.25) is 0 Å². The Morgan fingerprint density at radius 2 is 1.86 bits per heavy atom. The number of nitrogens with zero attached hydrogens (tertiary/aromatic N) is 2. The van der Waals surface area contributed by atoms with E-state index in [1.807, 2.05) is 13.8 Å². The largest absolute Gasteiger partial charge is 0.351 e. The Kier molecular flexibility index (Phi) is 6.72. The Bertz CT molecular complexity index is 770. The van der Waals surface area contributed by atoms with Crippen LogP contribution in [0, 0.1) is 0 Å². The predicted molar refractivity (Wildman–Crippen MR) is 112 cm³/mol. The standard InChI is InChI=1S/C20H26N4O3S/c1-13(2)21-18(26)14-6-8-15(9-7-14)22-17(25)12-16-19(27)23-20(28-16)24-10-4-3-5-11-24/h6-9,13,16H,3-5,10-12H2,1-2H3,(H,21,26)(H,22,25). The first-order valence-corrected chi connectivity index (χ1v) is 10.6. The van der Waals surface area contributed by atoms with Crippen molar-refractivity contribution in [3.63, 3.8) is 0 Å². The van der Waals surface area contributed by atoms with Crippen molar-refractivity contribution in [1.82, 2.24) is 10.2 Å². The first-order chi connectivity index (χ1) is 13.4. The third-order valence-corrected chi connectivity index (χ3v) is 5.79. The zero-order valence-corrected chi connectivity index (χ0v) is 17.1. The Morgan fingerprint density at radius 3 is 2.50 bits per heavy atom. The molecule has 0 spiro atoms. The second-order valence-corrected chi connectivity index (χ2v) is 8.51. The van der Waals surface area contributed by atoms with Gasteiger partial charge in [0.05, 0.1) is 0 Å². The van der Waals surface area contributed by atoms with E-state index in [0.717, 1.165) is 31.1 Å². The van der Waals surface area contributed by atoms with Gasteiger partial charge < -0.3 is 15.5 Å². The summed E-state index contributed by atoms with van der Waals surface area (Å²) in [6, 6.07) is 6.77. The van der Waals surface area contributed by atoms with E-state index in [9.17, 15) is 14.4 Å². The molecule has 0 radical (unpaired) electrons. The number of aliphatic imine (C=N–C) groups is 1. The summed E-state index contributed by atoms with van der Waals surface area (Å²) in [6.07, 6.45) is 3.53. The molecule has 1 aromatic rings. The molecule has 2 aliphatic rings. The second kappa shape index (κ2) is 9.23. The summed E-state index contributed by atoms with van der Waals surface area (Å²) >= 11 is 1.39. The van der Waals surface area contributed by atoms with Gasteiger partial charge in [0.1, 0.15) is 5.25 Å². The van der Waals surface area contributed by atoms with Gasteiger partial charge in [-0.15, -0.1) is 0 Å². The summed E-state index contributed by atoms with van der Waals surface area (Å²) in [7, 11) is 0. The molecular formula is C20H26N4O3S. The zero-order valence-electron chi connectivity index (χ0n) is 16.2. The fourth-order valence-corrected chi connectivity index (χ4v) is 4.28. The van der Waals surface area contributed by atoms with Crippen LogP contribution >= 0.6 is 11.8 Å². The Morgan fingerprint density at radius 1 is 1.18 bits per heavy atom. The monoisotopic (exact) mass is 402 g/mol. The molecule has 7 nitrogen and oxygen atoms in total. The molecule has 1 unspecified atom stereocenters. The molecule has 2 heterocycles. The average Bonchev–Trinajstić information content (AvgIpc) is 3.03. The minimum Gasteiger partial charge on any atom is -0.351 e. The van der Waals surface area contributed by atoms with Gasteiger partial charge in [0.2, 0.25) is 5.91 Å². The molecular weight excluding hydrogens is 376 g/mol. The molecule has 1 saturated heterocycles. The smallest absolute Gasteiger partial charge is 0.262 e. The fourth-order valence-electron chi connectivity index (χ4n) is 3.16. The lowest BCUT2D eigenvalue weighted by atomic mass is 10.1. The highest BCUT2D eigenvalue weighted by Crippen LogP contribution is 2.29. The summed E-state index contributed by atoms with van der Waals surface area (Å²) < 4.78 is 0. The fraction of sp³-hybridized carbons (Fsp3) is 0.500. The van der Waals surface area contributed by atoms with Crippen LogP contribution in [-0.2, 0) is 9.59 Å². The van der Waals surface area contributed by atoms with E-state index in [4.69, 9.17) is 0 Å². The maximum absolute atomic E-state index is 12.3. The first-order valence-electron chi connectivity index (χ1n) is 9.67. The van der Waals surface area contributed by atoms with Crippen LogP contribution in [0.4, 0.5) is 5.69 Å². The molecule has 1 fully saturated rings. The normalized spacial score (nSPS) is 19.5. The van der Waals surface area contributed by atoms with E-state index >= 15 is 0 Å². The van der Waals surface area contributed by atoms with Crippen LogP contribution in [0.15, 0.2) is 29.3 Å². The zero-order chi connectivity index (χ0) is 20.1. The molecule has 2 N–H and O–H groups in total. The minimum atomic E-state index is -0.465. The van der Waals surface area contributed by atoms with Crippen LogP contribution in [0.3, 0.4) is 0 Å². The molecule has 0 bridgehead atoms. The summed E-state index contributed by atoms with van der Waals surface area (Å²) in [5.41, 5.74) is 1.13. The summed E-state index contributed by atoms with van der Waals surface area (Å²) in [4.78, 5) is 42.8. The number of rotatable bonds is 5. The van der Waals surface area contributed by atoms with Crippen molar-refractivity contribution in [2.24, 2.45) is 4.99 Å². The number of amides is 3. The Labute approximate surface area is 169 Å². The minimum absolute atomic E-state index is 0.0605. The Balaban J connectivity index is 1.50. The number of hydrogen-bond acceptors (Lipinski definition) is 5. The van der Waals surface area contributed by atoms with Crippen LogP contribution in [0.5, 0.6) is 0 Å². The third kappa shape index (κ3) is 5.34. The molecule has 0 aromatic heterocycles. The first kappa shape index (κ1) is 20.4. The highest BCUT2D eigenvalue weighted by molar-refractivity contribution is 8.15. The van der Waals surface area contributed by atoms with E-state index in [1.54, 1.807) is 24.3 Å². The number of thioether (sulfide) groups is 1.